The van der Waals surface area contributed by atoms with Gasteiger partial charge >= 0.3 is 0 Å². The molecule has 4 rings (SSSR count). The van der Waals surface area contributed by atoms with E-state index in [1.54, 1.807) is 30.1 Å². The SMILES string of the molecule is CN(CC(=O)NCC(=O)N1CCN(c2cccc(Cl)c2)CC1)C1=NS(=O)(=O)c2ccccc21. The summed E-state index contributed by atoms with van der Waals surface area (Å²) >= 11 is 6.06. The Morgan fingerprint density at radius 2 is 1.82 bits per heavy atom. The summed E-state index contributed by atoms with van der Waals surface area (Å²) in [5.74, 6) is -0.347. The molecule has 0 atom stereocenters. The van der Waals surface area contributed by atoms with Crippen molar-refractivity contribution in [1.29, 1.82) is 0 Å². The van der Waals surface area contributed by atoms with Crippen LogP contribution in [0.25, 0.3) is 0 Å². The first-order chi connectivity index (χ1) is 15.7. The number of benzene rings is 2. The number of halogens is 1. The van der Waals surface area contributed by atoms with Crippen LogP contribution < -0.4 is 10.2 Å². The second-order valence-corrected chi connectivity index (χ2v) is 9.88. The van der Waals surface area contributed by atoms with Crippen molar-refractivity contribution in [3.8, 4) is 0 Å². The summed E-state index contributed by atoms with van der Waals surface area (Å²) in [6.45, 7) is 2.20. The van der Waals surface area contributed by atoms with Crippen LogP contribution >= 0.6 is 11.6 Å². The number of carbonyl (C=O) groups is 2. The zero-order valence-corrected chi connectivity index (χ0v) is 19.6. The van der Waals surface area contributed by atoms with Gasteiger partial charge in [0.25, 0.3) is 10.0 Å². The second kappa shape index (κ2) is 9.40. The molecule has 2 amide bonds. The van der Waals surface area contributed by atoms with Crippen LogP contribution in [0.15, 0.2) is 57.8 Å². The van der Waals surface area contributed by atoms with Gasteiger partial charge in [0.05, 0.1) is 13.1 Å². The van der Waals surface area contributed by atoms with Gasteiger partial charge in [0.15, 0.2) is 5.84 Å². The lowest BCUT2D eigenvalue weighted by Gasteiger charge is -2.36. The predicted molar refractivity (Wildman–Crippen MR) is 126 cm³/mol. The molecular formula is C22H24ClN5O4S. The molecule has 1 N–H and O–H groups in total. The van der Waals surface area contributed by atoms with E-state index in [0.717, 1.165) is 5.69 Å². The van der Waals surface area contributed by atoms with Gasteiger partial charge in [0.2, 0.25) is 11.8 Å². The van der Waals surface area contributed by atoms with Crippen LogP contribution in [0, 0.1) is 0 Å². The van der Waals surface area contributed by atoms with E-state index in [9.17, 15) is 18.0 Å². The Bertz CT molecular complexity index is 1210. The summed E-state index contributed by atoms with van der Waals surface area (Å²) < 4.78 is 28.2. The van der Waals surface area contributed by atoms with E-state index in [4.69, 9.17) is 11.6 Å². The van der Waals surface area contributed by atoms with E-state index < -0.39 is 15.9 Å². The fourth-order valence-corrected chi connectivity index (χ4v) is 5.32. The summed E-state index contributed by atoms with van der Waals surface area (Å²) in [6, 6.07) is 14.1. The van der Waals surface area contributed by atoms with Crippen molar-refractivity contribution in [2.75, 3.05) is 51.2 Å². The smallest absolute Gasteiger partial charge is 0.285 e. The number of fused-ring (bicyclic) bond motifs is 1. The highest BCUT2D eigenvalue weighted by Gasteiger charge is 2.31. The first-order valence-corrected chi connectivity index (χ1v) is 12.3. The van der Waals surface area contributed by atoms with E-state index in [2.05, 4.69) is 14.6 Å². The van der Waals surface area contributed by atoms with Crippen LogP contribution in [0.3, 0.4) is 0 Å². The zero-order valence-electron chi connectivity index (χ0n) is 18.1. The van der Waals surface area contributed by atoms with Gasteiger partial charge in [-0.1, -0.05) is 29.8 Å². The van der Waals surface area contributed by atoms with Crippen molar-refractivity contribution in [1.82, 2.24) is 15.1 Å². The predicted octanol–water partition coefficient (Wildman–Crippen LogP) is 1.19. The molecule has 174 valence electrons. The third kappa shape index (κ3) is 5.12. The largest absolute Gasteiger partial charge is 0.368 e. The Labute approximate surface area is 197 Å². The van der Waals surface area contributed by atoms with Crippen molar-refractivity contribution < 1.29 is 18.0 Å². The highest BCUT2D eigenvalue weighted by atomic mass is 35.5. The first-order valence-electron chi connectivity index (χ1n) is 10.4. The summed E-state index contributed by atoms with van der Waals surface area (Å²) in [5.41, 5.74) is 1.48. The van der Waals surface area contributed by atoms with Crippen molar-refractivity contribution in [3.05, 3.63) is 59.1 Å². The molecule has 2 aliphatic heterocycles. The molecule has 2 aromatic rings. The highest BCUT2D eigenvalue weighted by Crippen LogP contribution is 2.26. The lowest BCUT2D eigenvalue weighted by molar-refractivity contribution is -0.133. The first kappa shape index (κ1) is 23.1. The minimum absolute atomic E-state index is 0.120. The summed E-state index contributed by atoms with van der Waals surface area (Å²) in [4.78, 5) is 30.4. The number of nitrogens with zero attached hydrogens (tertiary/aromatic N) is 4. The van der Waals surface area contributed by atoms with Gasteiger partial charge in [-0.25, -0.2) is 0 Å². The molecule has 0 saturated carbocycles. The summed E-state index contributed by atoms with van der Waals surface area (Å²) in [6.07, 6.45) is 0. The molecule has 0 unspecified atom stereocenters. The minimum atomic E-state index is -3.76. The van der Waals surface area contributed by atoms with Crippen LogP contribution in [0.2, 0.25) is 5.02 Å². The lowest BCUT2D eigenvalue weighted by atomic mass is 10.2. The summed E-state index contributed by atoms with van der Waals surface area (Å²) in [5, 5.41) is 3.29. The molecule has 11 heteroatoms. The Balaban J connectivity index is 1.26. The van der Waals surface area contributed by atoms with E-state index in [1.165, 1.54) is 11.0 Å². The van der Waals surface area contributed by atoms with Gasteiger partial charge in [0, 0.05) is 49.5 Å². The van der Waals surface area contributed by atoms with Crippen LogP contribution in [-0.4, -0.2) is 82.2 Å². The van der Waals surface area contributed by atoms with Gasteiger partial charge in [-0.05, 0) is 30.3 Å². The average Bonchev–Trinajstić information content (AvgIpc) is 3.09. The molecule has 33 heavy (non-hydrogen) atoms. The number of hydrogen-bond acceptors (Lipinski definition) is 6. The molecule has 0 aliphatic carbocycles. The molecule has 2 aromatic carbocycles. The quantitative estimate of drug-likeness (QED) is 0.676. The van der Waals surface area contributed by atoms with Crippen molar-refractivity contribution >= 4 is 45.0 Å². The Morgan fingerprint density at radius 3 is 2.55 bits per heavy atom. The summed E-state index contributed by atoms with van der Waals surface area (Å²) in [7, 11) is -2.17. The molecule has 2 aliphatic rings. The maximum absolute atomic E-state index is 12.5. The fraction of sp³-hybridized carbons (Fsp3) is 0.318. The lowest BCUT2D eigenvalue weighted by Crippen LogP contribution is -2.51. The monoisotopic (exact) mass is 489 g/mol. The number of amides is 2. The normalized spacial score (nSPS) is 16.7. The number of piperazine rings is 1. The number of amidine groups is 1. The van der Waals surface area contributed by atoms with Crippen molar-refractivity contribution in [2.24, 2.45) is 4.40 Å². The number of anilines is 1. The number of carbonyl (C=O) groups excluding carboxylic acids is 2. The number of nitrogens with one attached hydrogen (secondary N) is 1. The minimum Gasteiger partial charge on any atom is -0.368 e. The van der Waals surface area contributed by atoms with Crippen LogP contribution in [-0.2, 0) is 19.6 Å². The third-order valence-electron chi connectivity index (χ3n) is 5.60. The second-order valence-electron chi connectivity index (χ2n) is 7.87. The number of hydrogen-bond donors (Lipinski definition) is 1. The van der Waals surface area contributed by atoms with E-state index in [0.29, 0.717) is 36.8 Å². The number of rotatable bonds is 5. The Kier molecular flexibility index (Phi) is 6.57. The molecule has 9 nitrogen and oxygen atoms in total. The van der Waals surface area contributed by atoms with Gasteiger partial charge < -0.3 is 20.0 Å². The van der Waals surface area contributed by atoms with E-state index in [-0.39, 0.29) is 29.7 Å². The molecule has 0 radical (unpaired) electrons. The molecule has 0 aromatic heterocycles. The third-order valence-corrected chi connectivity index (χ3v) is 7.16. The maximum Gasteiger partial charge on any atom is 0.285 e. The van der Waals surface area contributed by atoms with Crippen molar-refractivity contribution in [3.63, 3.8) is 0 Å². The molecule has 1 fully saturated rings. The number of likely N-dealkylation sites (N-methyl/N-ethyl adjacent to an activating group) is 1. The fourth-order valence-electron chi connectivity index (χ4n) is 3.88. The molecule has 1 saturated heterocycles. The molecule has 0 bridgehead atoms. The Hall–Kier alpha value is -3.11. The Morgan fingerprint density at radius 1 is 1.09 bits per heavy atom. The zero-order chi connectivity index (χ0) is 23.6. The van der Waals surface area contributed by atoms with Gasteiger partial charge in [-0.15, -0.1) is 4.40 Å². The standard InChI is InChI=1S/C22H24ClN5O4S/c1-26(22-18-7-2-3-8-19(18)33(31,32)25-22)15-20(29)24-14-21(30)28-11-9-27(10-12-28)17-6-4-5-16(23)13-17/h2-8,13H,9-12,14-15H2,1H3,(H,24,29). The maximum atomic E-state index is 12.5. The van der Waals surface area contributed by atoms with Gasteiger partial charge in [0.1, 0.15) is 4.90 Å². The van der Waals surface area contributed by atoms with Gasteiger partial charge in [-0.2, -0.15) is 8.42 Å². The average molecular weight is 490 g/mol. The van der Waals surface area contributed by atoms with Crippen LogP contribution in [0.1, 0.15) is 5.56 Å². The topological polar surface area (TPSA) is 102 Å². The van der Waals surface area contributed by atoms with E-state index in [1.807, 2.05) is 24.3 Å². The highest BCUT2D eigenvalue weighted by molar-refractivity contribution is 7.90. The number of sulfonamides is 1. The van der Waals surface area contributed by atoms with Crippen LogP contribution in [0.4, 0.5) is 5.69 Å². The van der Waals surface area contributed by atoms with Gasteiger partial charge in [-0.3, -0.25) is 9.59 Å². The molecule has 0 spiro atoms. The van der Waals surface area contributed by atoms with Crippen LogP contribution in [0.5, 0.6) is 0 Å². The molecular weight excluding hydrogens is 466 g/mol. The van der Waals surface area contributed by atoms with E-state index >= 15 is 0 Å². The van der Waals surface area contributed by atoms with Crippen molar-refractivity contribution in [2.45, 2.75) is 4.90 Å². The molecule has 2 heterocycles.